The van der Waals surface area contributed by atoms with E-state index in [1.54, 1.807) is 11.1 Å². The zero-order valence-corrected chi connectivity index (χ0v) is 14.9. The van der Waals surface area contributed by atoms with Gasteiger partial charge in [-0.15, -0.1) is 0 Å². The second-order valence-electron chi connectivity index (χ2n) is 8.17. The highest BCUT2D eigenvalue weighted by Gasteiger charge is 2.51. The van der Waals surface area contributed by atoms with Gasteiger partial charge in [0.25, 0.3) is 0 Å². The maximum absolute atomic E-state index is 9.99. The van der Waals surface area contributed by atoms with Gasteiger partial charge in [-0.05, 0) is 69.1 Å². The molecule has 0 bridgehead atoms. The molecule has 0 aromatic carbocycles. The number of aliphatic hydroxyl groups excluding tert-OH is 2. The molecule has 2 aliphatic carbocycles. The molecule has 126 valence electrons. The van der Waals surface area contributed by atoms with Gasteiger partial charge in [-0.1, -0.05) is 43.1 Å². The Kier molecular flexibility index (Phi) is 5.55. The molecule has 1 saturated carbocycles. The average molecular weight is 306 g/mol. The second-order valence-corrected chi connectivity index (χ2v) is 8.17. The number of aliphatic hydroxyl groups is 2. The van der Waals surface area contributed by atoms with Gasteiger partial charge >= 0.3 is 0 Å². The van der Waals surface area contributed by atoms with Crippen LogP contribution in [0.4, 0.5) is 0 Å². The van der Waals surface area contributed by atoms with Gasteiger partial charge in [-0.2, -0.15) is 0 Å². The van der Waals surface area contributed by atoms with Crippen molar-refractivity contribution in [2.75, 3.05) is 13.2 Å². The monoisotopic (exact) mass is 306 g/mol. The van der Waals surface area contributed by atoms with Crippen molar-refractivity contribution in [2.24, 2.45) is 16.7 Å². The summed E-state index contributed by atoms with van der Waals surface area (Å²) in [5.74, 6) is 0.611. The molecule has 0 saturated heterocycles. The van der Waals surface area contributed by atoms with E-state index in [0.717, 1.165) is 12.8 Å². The number of hydrogen-bond acceptors (Lipinski definition) is 2. The largest absolute Gasteiger partial charge is 0.396 e. The molecule has 0 unspecified atom stereocenters. The quantitative estimate of drug-likeness (QED) is 0.728. The van der Waals surface area contributed by atoms with E-state index in [9.17, 15) is 5.11 Å². The van der Waals surface area contributed by atoms with Crippen molar-refractivity contribution in [3.8, 4) is 0 Å². The molecule has 2 N–H and O–H groups in total. The van der Waals surface area contributed by atoms with Crippen LogP contribution in [0.2, 0.25) is 0 Å². The molecule has 22 heavy (non-hydrogen) atoms. The van der Waals surface area contributed by atoms with Gasteiger partial charge < -0.3 is 10.2 Å². The molecular formula is C20H34O2. The Morgan fingerprint density at radius 2 is 2.00 bits per heavy atom. The molecule has 0 spiro atoms. The van der Waals surface area contributed by atoms with Crippen LogP contribution in [0.25, 0.3) is 0 Å². The molecule has 2 heteroatoms. The Balaban J connectivity index is 2.26. The standard InChI is InChI=1S/C20H34O2/c1-15(10-13-21)6-8-17-16(2)7-9-18-19(3,14-22)11-5-12-20(17,18)4/h10,18,21-22H,5-9,11-14H2,1-4H3/b15-10+/t18-,19+,20+/m0/s1. The summed E-state index contributed by atoms with van der Waals surface area (Å²) in [7, 11) is 0. The fraction of sp³-hybridized carbons (Fsp3) is 0.800. The van der Waals surface area contributed by atoms with Crippen LogP contribution in [0.5, 0.6) is 0 Å². The highest BCUT2D eigenvalue weighted by atomic mass is 16.3. The lowest BCUT2D eigenvalue weighted by Gasteiger charge is -2.56. The maximum Gasteiger partial charge on any atom is 0.0614 e. The van der Waals surface area contributed by atoms with Crippen LogP contribution in [0, 0.1) is 16.7 Å². The summed E-state index contributed by atoms with van der Waals surface area (Å²) < 4.78 is 0. The van der Waals surface area contributed by atoms with Crippen LogP contribution >= 0.6 is 0 Å². The van der Waals surface area contributed by atoms with Crippen molar-refractivity contribution in [3.05, 3.63) is 22.8 Å². The number of fused-ring (bicyclic) bond motifs is 1. The minimum absolute atomic E-state index is 0.0922. The minimum Gasteiger partial charge on any atom is -0.396 e. The van der Waals surface area contributed by atoms with E-state index < -0.39 is 0 Å². The van der Waals surface area contributed by atoms with Crippen LogP contribution in [0.3, 0.4) is 0 Å². The highest BCUT2D eigenvalue weighted by Crippen LogP contribution is 2.60. The van der Waals surface area contributed by atoms with Gasteiger partial charge in [0.05, 0.1) is 6.61 Å². The second kappa shape index (κ2) is 6.88. The summed E-state index contributed by atoms with van der Waals surface area (Å²) in [5.41, 5.74) is 4.87. The average Bonchev–Trinajstić information content (AvgIpc) is 2.46. The molecule has 0 heterocycles. The molecule has 0 amide bonds. The van der Waals surface area contributed by atoms with Crippen molar-refractivity contribution in [2.45, 2.75) is 72.6 Å². The van der Waals surface area contributed by atoms with Crippen molar-refractivity contribution in [1.29, 1.82) is 0 Å². The van der Waals surface area contributed by atoms with E-state index in [1.165, 1.54) is 37.7 Å². The third-order valence-electron chi connectivity index (χ3n) is 6.64. The maximum atomic E-state index is 9.99. The number of rotatable bonds is 5. The third-order valence-corrected chi connectivity index (χ3v) is 6.64. The fourth-order valence-electron chi connectivity index (χ4n) is 5.27. The molecule has 2 aliphatic rings. The Morgan fingerprint density at radius 3 is 2.64 bits per heavy atom. The Bertz CT molecular complexity index is 462. The Hall–Kier alpha value is -0.600. The summed E-state index contributed by atoms with van der Waals surface area (Å²) in [6, 6.07) is 0. The SMILES string of the molecule is CC1=C(CC/C(C)=C/CO)[C@@]2(C)CCC[C@](C)(CO)[C@@H]2CC1. The van der Waals surface area contributed by atoms with Gasteiger partial charge in [0.15, 0.2) is 0 Å². The molecule has 1 fully saturated rings. The Morgan fingerprint density at radius 1 is 1.27 bits per heavy atom. The summed E-state index contributed by atoms with van der Waals surface area (Å²) >= 11 is 0. The summed E-state index contributed by atoms with van der Waals surface area (Å²) in [4.78, 5) is 0. The van der Waals surface area contributed by atoms with Gasteiger partial charge in [0, 0.05) is 6.61 Å². The zero-order chi connectivity index (χ0) is 16.4. The molecule has 0 aromatic heterocycles. The topological polar surface area (TPSA) is 40.5 Å². The van der Waals surface area contributed by atoms with Crippen LogP contribution in [0.15, 0.2) is 22.8 Å². The molecular weight excluding hydrogens is 272 g/mol. The first-order valence-corrected chi connectivity index (χ1v) is 8.94. The van der Waals surface area contributed by atoms with Crippen LogP contribution in [0.1, 0.15) is 72.6 Å². The number of allylic oxidation sites excluding steroid dienone is 3. The smallest absolute Gasteiger partial charge is 0.0614 e. The predicted molar refractivity (Wildman–Crippen MR) is 92.7 cm³/mol. The first-order valence-electron chi connectivity index (χ1n) is 8.94. The molecule has 3 atom stereocenters. The van der Waals surface area contributed by atoms with Crippen molar-refractivity contribution in [3.63, 3.8) is 0 Å². The van der Waals surface area contributed by atoms with E-state index in [2.05, 4.69) is 27.7 Å². The predicted octanol–water partition coefficient (Wildman–Crippen LogP) is 4.62. The zero-order valence-electron chi connectivity index (χ0n) is 14.9. The van der Waals surface area contributed by atoms with E-state index in [-0.39, 0.29) is 17.4 Å². The molecule has 0 radical (unpaired) electrons. The summed E-state index contributed by atoms with van der Waals surface area (Å²) in [5, 5.41) is 19.0. The normalized spacial score (nSPS) is 36.5. The molecule has 0 aliphatic heterocycles. The van der Waals surface area contributed by atoms with Crippen molar-refractivity contribution < 1.29 is 10.2 Å². The van der Waals surface area contributed by atoms with E-state index in [1.807, 2.05) is 6.08 Å². The van der Waals surface area contributed by atoms with Crippen LogP contribution < -0.4 is 0 Å². The molecule has 2 rings (SSSR count). The lowest BCUT2D eigenvalue weighted by molar-refractivity contribution is -0.0388. The summed E-state index contributed by atoms with van der Waals surface area (Å²) in [6.07, 6.45) is 10.2. The Labute approximate surface area is 136 Å². The first kappa shape index (κ1) is 17.7. The van der Waals surface area contributed by atoms with Crippen molar-refractivity contribution in [1.82, 2.24) is 0 Å². The molecule has 2 nitrogen and oxygen atoms in total. The molecule has 0 aromatic rings. The fourth-order valence-corrected chi connectivity index (χ4v) is 5.27. The lowest BCUT2D eigenvalue weighted by Crippen LogP contribution is -2.48. The highest BCUT2D eigenvalue weighted by molar-refractivity contribution is 5.28. The van der Waals surface area contributed by atoms with Crippen LogP contribution in [-0.4, -0.2) is 23.4 Å². The van der Waals surface area contributed by atoms with E-state index in [0.29, 0.717) is 12.5 Å². The van der Waals surface area contributed by atoms with Gasteiger partial charge in [0.2, 0.25) is 0 Å². The van der Waals surface area contributed by atoms with Crippen LogP contribution in [-0.2, 0) is 0 Å². The first-order chi connectivity index (χ1) is 10.4. The lowest BCUT2D eigenvalue weighted by atomic mass is 9.49. The number of hydrogen-bond donors (Lipinski definition) is 2. The minimum atomic E-state index is 0.0922. The third kappa shape index (κ3) is 3.19. The van der Waals surface area contributed by atoms with Crippen molar-refractivity contribution >= 4 is 0 Å². The van der Waals surface area contributed by atoms with Gasteiger partial charge in [-0.25, -0.2) is 0 Å². The van der Waals surface area contributed by atoms with Gasteiger partial charge in [-0.3, -0.25) is 0 Å². The van der Waals surface area contributed by atoms with E-state index in [4.69, 9.17) is 5.11 Å². The van der Waals surface area contributed by atoms with Gasteiger partial charge in [0.1, 0.15) is 0 Å². The summed E-state index contributed by atoms with van der Waals surface area (Å²) in [6.45, 7) is 9.65. The van der Waals surface area contributed by atoms with E-state index >= 15 is 0 Å².